The highest BCUT2D eigenvalue weighted by atomic mass is 16.6. The molecule has 3 heterocycles. The molecule has 118 valence electrons. The van der Waals surface area contributed by atoms with Crippen LogP contribution in [0.5, 0.6) is 0 Å². The highest BCUT2D eigenvalue weighted by Gasteiger charge is 2.23. The Balaban J connectivity index is 1.52. The van der Waals surface area contributed by atoms with Gasteiger partial charge in [-0.05, 0) is 23.8 Å². The number of hydrogen-bond acceptors (Lipinski definition) is 5. The van der Waals surface area contributed by atoms with Gasteiger partial charge >= 0.3 is 6.09 Å². The smallest absolute Gasteiger partial charge is 0.410 e. The van der Waals surface area contributed by atoms with Crippen molar-refractivity contribution in [2.75, 3.05) is 19.7 Å². The number of amides is 2. The zero-order valence-corrected chi connectivity index (χ0v) is 12.4. The molecule has 0 radical (unpaired) electrons. The van der Waals surface area contributed by atoms with E-state index in [1.54, 1.807) is 18.6 Å². The van der Waals surface area contributed by atoms with Crippen molar-refractivity contribution in [2.45, 2.75) is 6.54 Å². The standard InChI is InChI=1S/C16H16N4O3/c21-15(11-20-6-7-23-16(20)22)19-9-12-3-4-14(18-8-12)13-2-1-5-17-10-13/h1-5,8,10H,6-7,9,11H2,(H,19,21). The molecule has 0 aliphatic carbocycles. The van der Waals surface area contributed by atoms with Crippen molar-refractivity contribution in [3.8, 4) is 11.3 Å². The molecule has 1 saturated heterocycles. The number of pyridine rings is 2. The second kappa shape index (κ2) is 6.87. The molecule has 0 atom stereocenters. The van der Waals surface area contributed by atoms with Gasteiger partial charge in [0, 0.05) is 30.7 Å². The predicted molar refractivity (Wildman–Crippen MR) is 82.2 cm³/mol. The Morgan fingerprint density at radius 2 is 2.22 bits per heavy atom. The van der Waals surface area contributed by atoms with Gasteiger partial charge in [-0.1, -0.05) is 6.07 Å². The molecule has 2 amide bonds. The largest absolute Gasteiger partial charge is 0.448 e. The van der Waals surface area contributed by atoms with Crippen molar-refractivity contribution in [3.05, 3.63) is 48.4 Å². The maximum absolute atomic E-state index is 11.8. The van der Waals surface area contributed by atoms with Crippen LogP contribution in [0.25, 0.3) is 11.3 Å². The van der Waals surface area contributed by atoms with Crippen molar-refractivity contribution < 1.29 is 14.3 Å². The Morgan fingerprint density at radius 1 is 1.30 bits per heavy atom. The Hall–Kier alpha value is -2.96. The SMILES string of the molecule is O=C(CN1CCOC1=O)NCc1ccc(-c2cccnc2)nc1. The molecule has 0 bridgehead atoms. The van der Waals surface area contributed by atoms with E-state index in [1.165, 1.54) is 4.90 Å². The summed E-state index contributed by atoms with van der Waals surface area (Å²) in [5, 5.41) is 2.76. The first-order valence-corrected chi connectivity index (χ1v) is 7.26. The Morgan fingerprint density at radius 3 is 2.87 bits per heavy atom. The lowest BCUT2D eigenvalue weighted by molar-refractivity contribution is -0.121. The van der Waals surface area contributed by atoms with Crippen LogP contribution in [0.2, 0.25) is 0 Å². The van der Waals surface area contributed by atoms with E-state index >= 15 is 0 Å². The van der Waals surface area contributed by atoms with Gasteiger partial charge in [0.15, 0.2) is 0 Å². The van der Waals surface area contributed by atoms with Crippen LogP contribution in [0.4, 0.5) is 4.79 Å². The van der Waals surface area contributed by atoms with Crippen LogP contribution in [-0.4, -0.2) is 46.6 Å². The summed E-state index contributed by atoms with van der Waals surface area (Å²) < 4.78 is 4.78. The molecule has 1 aliphatic rings. The molecule has 23 heavy (non-hydrogen) atoms. The second-order valence-corrected chi connectivity index (χ2v) is 5.11. The molecule has 0 saturated carbocycles. The maximum Gasteiger partial charge on any atom is 0.410 e. The van der Waals surface area contributed by atoms with Gasteiger partial charge in [-0.2, -0.15) is 0 Å². The van der Waals surface area contributed by atoms with Crippen LogP contribution in [0.15, 0.2) is 42.9 Å². The third-order valence-corrected chi connectivity index (χ3v) is 3.45. The Kier molecular flexibility index (Phi) is 4.46. The highest BCUT2D eigenvalue weighted by molar-refractivity contribution is 5.82. The van der Waals surface area contributed by atoms with Gasteiger partial charge in [0.25, 0.3) is 0 Å². The number of cyclic esters (lactones) is 1. The van der Waals surface area contributed by atoms with E-state index < -0.39 is 6.09 Å². The van der Waals surface area contributed by atoms with Crippen molar-refractivity contribution in [3.63, 3.8) is 0 Å². The minimum atomic E-state index is -0.442. The quantitative estimate of drug-likeness (QED) is 0.897. The van der Waals surface area contributed by atoms with Crippen molar-refractivity contribution in [1.82, 2.24) is 20.2 Å². The maximum atomic E-state index is 11.8. The predicted octanol–water partition coefficient (Wildman–Crippen LogP) is 1.21. The number of hydrogen-bond donors (Lipinski definition) is 1. The number of ether oxygens (including phenoxy) is 1. The third kappa shape index (κ3) is 3.82. The lowest BCUT2D eigenvalue weighted by Crippen LogP contribution is -2.37. The number of nitrogens with zero attached hydrogens (tertiary/aromatic N) is 3. The van der Waals surface area contributed by atoms with Gasteiger partial charge < -0.3 is 10.1 Å². The zero-order chi connectivity index (χ0) is 16.1. The molecule has 7 nitrogen and oxygen atoms in total. The van der Waals surface area contributed by atoms with E-state index in [0.717, 1.165) is 16.8 Å². The average molecular weight is 312 g/mol. The number of carbonyl (C=O) groups is 2. The van der Waals surface area contributed by atoms with Gasteiger partial charge in [-0.3, -0.25) is 19.7 Å². The monoisotopic (exact) mass is 312 g/mol. The number of rotatable bonds is 5. The average Bonchev–Trinajstić information content (AvgIpc) is 2.99. The minimum Gasteiger partial charge on any atom is -0.448 e. The van der Waals surface area contributed by atoms with E-state index in [0.29, 0.717) is 19.7 Å². The number of nitrogens with one attached hydrogen (secondary N) is 1. The fourth-order valence-electron chi connectivity index (χ4n) is 2.21. The van der Waals surface area contributed by atoms with Crippen molar-refractivity contribution >= 4 is 12.0 Å². The molecule has 3 rings (SSSR count). The van der Waals surface area contributed by atoms with Crippen LogP contribution in [0, 0.1) is 0 Å². The van der Waals surface area contributed by atoms with E-state index in [-0.39, 0.29) is 12.5 Å². The first-order chi connectivity index (χ1) is 11.2. The summed E-state index contributed by atoms with van der Waals surface area (Å²) in [5.74, 6) is -0.222. The van der Waals surface area contributed by atoms with Gasteiger partial charge in [-0.25, -0.2) is 4.79 Å². The van der Waals surface area contributed by atoms with Gasteiger partial charge in [0.2, 0.25) is 5.91 Å². The van der Waals surface area contributed by atoms with Gasteiger partial charge in [0.05, 0.1) is 12.2 Å². The van der Waals surface area contributed by atoms with Crippen LogP contribution < -0.4 is 5.32 Å². The lowest BCUT2D eigenvalue weighted by Gasteiger charge is -2.12. The molecule has 1 fully saturated rings. The number of carbonyl (C=O) groups excluding carboxylic acids is 2. The molecule has 7 heteroatoms. The van der Waals surface area contributed by atoms with Crippen LogP contribution in [0.3, 0.4) is 0 Å². The van der Waals surface area contributed by atoms with Crippen molar-refractivity contribution in [1.29, 1.82) is 0 Å². The molecule has 0 spiro atoms. The Bertz CT molecular complexity index is 688. The molecule has 0 aromatic carbocycles. The summed E-state index contributed by atoms with van der Waals surface area (Å²) in [6.07, 6.45) is 4.73. The first-order valence-electron chi connectivity index (χ1n) is 7.26. The molecule has 1 N–H and O–H groups in total. The summed E-state index contributed by atoms with van der Waals surface area (Å²) >= 11 is 0. The van der Waals surface area contributed by atoms with Gasteiger partial charge in [0.1, 0.15) is 13.2 Å². The van der Waals surface area contributed by atoms with E-state index in [4.69, 9.17) is 4.74 Å². The lowest BCUT2D eigenvalue weighted by atomic mass is 10.1. The highest BCUT2D eigenvalue weighted by Crippen LogP contribution is 2.15. The molecule has 2 aromatic rings. The van der Waals surface area contributed by atoms with E-state index in [2.05, 4.69) is 15.3 Å². The van der Waals surface area contributed by atoms with Crippen LogP contribution in [0.1, 0.15) is 5.56 Å². The van der Waals surface area contributed by atoms with Crippen LogP contribution >= 0.6 is 0 Å². The van der Waals surface area contributed by atoms with Crippen molar-refractivity contribution in [2.24, 2.45) is 0 Å². The van der Waals surface area contributed by atoms with Crippen LogP contribution in [-0.2, 0) is 16.1 Å². The molecule has 1 aliphatic heterocycles. The Labute approximate surface area is 133 Å². The summed E-state index contributed by atoms with van der Waals surface area (Å²) in [5.41, 5.74) is 2.65. The summed E-state index contributed by atoms with van der Waals surface area (Å²) in [6, 6.07) is 7.58. The fourth-order valence-corrected chi connectivity index (χ4v) is 2.21. The third-order valence-electron chi connectivity index (χ3n) is 3.45. The molecule has 2 aromatic heterocycles. The fraction of sp³-hybridized carbons (Fsp3) is 0.250. The van der Waals surface area contributed by atoms with E-state index in [9.17, 15) is 9.59 Å². The molecule has 0 unspecified atom stereocenters. The molecular weight excluding hydrogens is 296 g/mol. The zero-order valence-electron chi connectivity index (χ0n) is 12.4. The molecular formula is C16H16N4O3. The van der Waals surface area contributed by atoms with E-state index in [1.807, 2.05) is 24.3 Å². The number of aromatic nitrogens is 2. The summed E-state index contributed by atoms with van der Waals surface area (Å²) in [7, 11) is 0. The summed E-state index contributed by atoms with van der Waals surface area (Å²) in [6.45, 7) is 1.17. The van der Waals surface area contributed by atoms with Gasteiger partial charge in [-0.15, -0.1) is 0 Å². The second-order valence-electron chi connectivity index (χ2n) is 5.11. The topological polar surface area (TPSA) is 84.4 Å². The first kappa shape index (κ1) is 15.0. The normalized spacial score (nSPS) is 13.7. The minimum absolute atomic E-state index is 0.0139. The summed E-state index contributed by atoms with van der Waals surface area (Å²) in [4.78, 5) is 32.9.